The van der Waals surface area contributed by atoms with Crippen molar-refractivity contribution in [3.8, 4) is 6.07 Å². The van der Waals surface area contributed by atoms with Crippen LogP contribution in [0.4, 0.5) is 22.0 Å². The molecule has 0 bridgehead atoms. The Kier molecular flexibility index (Phi) is 4.94. The maximum Gasteiger partial charge on any atom is 0.446 e. The van der Waals surface area contributed by atoms with Gasteiger partial charge < -0.3 is 4.74 Å². The fourth-order valence-corrected chi connectivity index (χ4v) is 2.21. The molecule has 0 aliphatic heterocycles. The Hall–Kier alpha value is -1.82. The summed E-state index contributed by atoms with van der Waals surface area (Å²) < 4.78 is 67.4. The van der Waals surface area contributed by atoms with Gasteiger partial charge in [-0.15, -0.1) is 0 Å². The molecule has 1 aromatic rings. The Labute approximate surface area is 114 Å². The second-order valence-electron chi connectivity index (χ2n) is 3.36. The van der Waals surface area contributed by atoms with Gasteiger partial charge in [-0.25, -0.2) is 13.6 Å². The standard InChI is InChI=1S/C11H6F5NO2S/c1-19-10(18)6-3-2-5(4-17)7(9(12)13)8(6)20-11(14,15)16/h2-3,9H,1H3. The second kappa shape index (κ2) is 6.09. The molecule has 0 atom stereocenters. The van der Waals surface area contributed by atoms with Crippen LogP contribution < -0.4 is 0 Å². The predicted octanol–water partition coefficient (Wildman–Crippen LogP) is 3.89. The SMILES string of the molecule is COC(=O)c1ccc(C#N)c(C(F)F)c1SC(F)(F)F. The number of benzene rings is 1. The van der Waals surface area contributed by atoms with Gasteiger partial charge in [0.25, 0.3) is 6.43 Å². The Morgan fingerprint density at radius 2 is 2.00 bits per heavy atom. The molecule has 108 valence electrons. The maximum absolute atomic E-state index is 12.9. The molecule has 0 N–H and O–H groups in total. The van der Waals surface area contributed by atoms with Crippen LogP contribution in [0, 0.1) is 11.3 Å². The van der Waals surface area contributed by atoms with E-state index in [1.807, 2.05) is 0 Å². The molecule has 0 unspecified atom stereocenters. The van der Waals surface area contributed by atoms with Gasteiger partial charge in [0.15, 0.2) is 0 Å². The van der Waals surface area contributed by atoms with Crippen molar-refractivity contribution < 1.29 is 31.5 Å². The lowest BCUT2D eigenvalue weighted by molar-refractivity contribution is -0.0329. The van der Waals surface area contributed by atoms with Crippen LogP contribution in [0.15, 0.2) is 17.0 Å². The van der Waals surface area contributed by atoms with E-state index in [2.05, 4.69) is 4.74 Å². The summed E-state index contributed by atoms with van der Waals surface area (Å²) >= 11 is -0.876. The first-order valence-corrected chi connectivity index (χ1v) is 5.72. The van der Waals surface area contributed by atoms with E-state index in [9.17, 15) is 26.7 Å². The summed E-state index contributed by atoms with van der Waals surface area (Å²) in [4.78, 5) is 10.3. The van der Waals surface area contributed by atoms with Gasteiger partial charge in [0.2, 0.25) is 0 Å². The van der Waals surface area contributed by atoms with Gasteiger partial charge in [-0.3, -0.25) is 0 Å². The smallest absolute Gasteiger partial charge is 0.446 e. The second-order valence-corrected chi connectivity index (χ2v) is 4.43. The molecule has 0 saturated heterocycles. The zero-order valence-corrected chi connectivity index (χ0v) is 10.6. The summed E-state index contributed by atoms with van der Waals surface area (Å²) in [7, 11) is 0.907. The first-order valence-electron chi connectivity index (χ1n) is 4.90. The molecule has 3 nitrogen and oxygen atoms in total. The van der Waals surface area contributed by atoms with Crippen LogP contribution in [0.1, 0.15) is 27.9 Å². The van der Waals surface area contributed by atoms with Crippen molar-refractivity contribution in [2.75, 3.05) is 7.11 Å². The van der Waals surface area contributed by atoms with Crippen LogP contribution in [-0.4, -0.2) is 18.6 Å². The summed E-state index contributed by atoms with van der Waals surface area (Å²) in [5, 5.41) is 8.69. The highest BCUT2D eigenvalue weighted by Gasteiger charge is 2.35. The first-order chi connectivity index (χ1) is 9.21. The van der Waals surface area contributed by atoms with E-state index in [-0.39, 0.29) is 0 Å². The number of methoxy groups -OCH3 is 1. The van der Waals surface area contributed by atoms with E-state index in [4.69, 9.17) is 5.26 Å². The van der Waals surface area contributed by atoms with E-state index < -0.39 is 51.3 Å². The molecule has 0 amide bonds. The average molecular weight is 311 g/mol. The van der Waals surface area contributed by atoms with Crippen molar-refractivity contribution in [3.05, 3.63) is 28.8 Å². The van der Waals surface area contributed by atoms with Crippen LogP contribution in [0.3, 0.4) is 0 Å². The molecule has 9 heteroatoms. The van der Waals surface area contributed by atoms with Crippen molar-refractivity contribution in [1.29, 1.82) is 5.26 Å². The van der Waals surface area contributed by atoms with E-state index >= 15 is 0 Å². The van der Waals surface area contributed by atoms with Gasteiger partial charge in [0.1, 0.15) is 0 Å². The van der Waals surface area contributed by atoms with Crippen molar-refractivity contribution >= 4 is 17.7 Å². The fourth-order valence-electron chi connectivity index (χ4n) is 1.41. The molecule has 0 aliphatic carbocycles. The molecule has 1 rings (SSSR count). The number of ether oxygens (including phenoxy) is 1. The lowest BCUT2D eigenvalue weighted by Crippen LogP contribution is -2.10. The van der Waals surface area contributed by atoms with Crippen molar-refractivity contribution in [2.45, 2.75) is 16.8 Å². The number of carbonyl (C=O) groups excluding carboxylic acids is 1. The maximum atomic E-state index is 12.9. The Bertz CT molecular complexity index is 565. The van der Waals surface area contributed by atoms with Crippen LogP contribution in [0.2, 0.25) is 0 Å². The number of nitrogens with zero attached hydrogens (tertiary/aromatic N) is 1. The predicted molar refractivity (Wildman–Crippen MR) is 59.4 cm³/mol. The molecule has 0 aromatic heterocycles. The number of esters is 1. The number of nitriles is 1. The van der Waals surface area contributed by atoms with Crippen molar-refractivity contribution in [2.24, 2.45) is 0 Å². The Morgan fingerprint density at radius 3 is 2.40 bits per heavy atom. The minimum absolute atomic E-state index is 0.626. The molecule has 0 heterocycles. The fraction of sp³-hybridized carbons (Fsp3) is 0.273. The summed E-state index contributed by atoms with van der Waals surface area (Å²) in [5.74, 6) is -1.19. The third-order valence-electron chi connectivity index (χ3n) is 2.16. The molecular formula is C11H6F5NO2S. The number of alkyl halides is 5. The monoisotopic (exact) mass is 311 g/mol. The average Bonchev–Trinajstić information content (AvgIpc) is 2.34. The number of halogens is 5. The number of carbonyl (C=O) groups is 1. The molecule has 0 spiro atoms. The lowest BCUT2D eigenvalue weighted by Gasteiger charge is -2.15. The van der Waals surface area contributed by atoms with Crippen LogP contribution in [0.25, 0.3) is 0 Å². The lowest BCUT2D eigenvalue weighted by atomic mass is 10.0. The number of hydrogen-bond acceptors (Lipinski definition) is 4. The van der Waals surface area contributed by atoms with Gasteiger partial charge in [-0.05, 0) is 23.9 Å². The van der Waals surface area contributed by atoms with E-state index in [1.165, 1.54) is 6.07 Å². The zero-order chi connectivity index (χ0) is 15.5. The molecule has 1 aromatic carbocycles. The first kappa shape index (κ1) is 16.2. The van der Waals surface area contributed by atoms with Crippen LogP contribution in [0.5, 0.6) is 0 Å². The Balaban J connectivity index is 3.60. The van der Waals surface area contributed by atoms with Crippen LogP contribution in [-0.2, 0) is 4.74 Å². The van der Waals surface area contributed by atoms with Crippen molar-refractivity contribution in [1.82, 2.24) is 0 Å². The molecule has 20 heavy (non-hydrogen) atoms. The van der Waals surface area contributed by atoms with Gasteiger partial charge in [0, 0.05) is 4.90 Å². The van der Waals surface area contributed by atoms with Gasteiger partial charge in [-0.2, -0.15) is 18.4 Å². The number of hydrogen-bond donors (Lipinski definition) is 0. The Morgan fingerprint density at radius 1 is 1.40 bits per heavy atom. The highest BCUT2D eigenvalue weighted by molar-refractivity contribution is 8.00. The molecular weight excluding hydrogens is 305 g/mol. The van der Waals surface area contributed by atoms with Gasteiger partial charge in [0.05, 0.1) is 29.9 Å². The zero-order valence-electron chi connectivity index (χ0n) is 9.79. The van der Waals surface area contributed by atoms with E-state index in [1.54, 1.807) is 0 Å². The molecule has 0 aliphatic rings. The summed E-state index contributed by atoms with van der Waals surface area (Å²) in [6.45, 7) is 0. The summed E-state index contributed by atoms with van der Waals surface area (Å²) in [6.07, 6.45) is -3.33. The quantitative estimate of drug-likeness (QED) is 0.483. The largest absolute Gasteiger partial charge is 0.465 e. The van der Waals surface area contributed by atoms with Crippen molar-refractivity contribution in [3.63, 3.8) is 0 Å². The van der Waals surface area contributed by atoms with Gasteiger partial charge >= 0.3 is 11.5 Å². The highest BCUT2D eigenvalue weighted by atomic mass is 32.2. The normalized spacial score (nSPS) is 11.3. The van der Waals surface area contributed by atoms with Crippen LogP contribution >= 0.6 is 11.8 Å². The molecule has 0 radical (unpaired) electrons. The third-order valence-corrected chi connectivity index (χ3v) is 3.03. The topological polar surface area (TPSA) is 50.1 Å². The van der Waals surface area contributed by atoms with E-state index in [0.717, 1.165) is 19.2 Å². The molecule has 0 saturated carbocycles. The number of thioether (sulfide) groups is 1. The minimum Gasteiger partial charge on any atom is -0.465 e. The van der Waals surface area contributed by atoms with E-state index in [0.29, 0.717) is 0 Å². The minimum atomic E-state index is -4.89. The highest BCUT2D eigenvalue weighted by Crippen LogP contribution is 2.44. The summed E-state index contributed by atoms with van der Waals surface area (Å²) in [5.41, 5.74) is -7.30. The third kappa shape index (κ3) is 3.60. The molecule has 0 fully saturated rings. The summed E-state index contributed by atoms with van der Waals surface area (Å²) in [6, 6.07) is 3.08. The number of rotatable bonds is 3. The van der Waals surface area contributed by atoms with Gasteiger partial charge in [-0.1, -0.05) is 0 Å².